The number of rotatable bonds is 3. The van der Waals surface area contributed by atoms with E-state index < -0.39 is 28.3 Å². The summed E-state index contributed by atoms with van der Waals surface area (Å²) in [5.41, 5.74) is 0. The molecule has 5 nitrogen and oxygen atoms in total. The summed E-state index contributed by atoms with van der Waals surface area (Å²) in [4.78, 5) is 0. The summed E-state index contributed by atoms with van der Waals surface area (Å²) in [6.07, 6.45) is 1.14. The lowest BCUT2D eigenvalue weighted by molar-refractivity contribution is -0.0989. The molecule has 90 valence electrons. The number of hydrogen-bond acceptors (Lipinski definition) is 4. The lowest BCUT2D eigenvalue weighted by atomic mass is 9.84. The summed E-state index contributed by atoms with van der Waals surface area (Å²) < 4.78 is 24.5. The molecule has 3 atom stereocenters. The first kappa shape index (κ1) is 13.2. The Kier molecular flexibility index (Phi) is 4.37. The maximum atomic E-state index is 11.0. The van der Waals surface area contributed by atoms with E-state index >= 15 is 0 Å². The maximum Gasteiger partial charge on any atom is 0.208 e. The van der Waals surface area contributed by atoms with Gasteiger partial charge in [0.15, 0.2) is 6.29 Å². The highest BCUT2D eigenvalue weighted by Crippen LogP contribution is 2.30. The van der Waals surface area contributed by atoms with Gasteiger partial charge in [-0.2, -0.15) is 0 Å². The third-order valence-electron chi connectivity index (χ3n) is 2.58. The van der Waals surface area contributed by atoms with E-state index in [1.807, 2.05) is 0 Å². The normalized spacial score (nSPS) is 33.3. The van der Waals surface area contributed by atoms with Crippen molar-refractivity contribution in [3.63, 3.8) is 0 Å². The highest BCUT2D eigenvalue weighted by Gasteiger charge is 2.35. The van der Waals surface area contributed by atoms with Crippen LogP contribution in [0.3, 0.4) is 0 Å². The quantitative estimate of drug-likeness (QED) is 0.475. The van der Waals surface area contributed by atoms with E-state index in [0.717, 1.165) is 6.26 Å². The molecule has 0 aliphatic heterocycles. The second kappa shape index (κ2) is 4.97. The van der Waals surface area contributed by atoms with Gasteiger partial charge in [-0.3, -0.25) is 0 Å². The number of hydrogen-bond donors (Lipinski definition) is 3. The fraction of sp³-hybridized carbons (Fsp3) is 1.00. The van der Waals surface area contributed by atoms with Gasteiger partial charge in [-0.25, -0.2) is 13.1 Å². The van der Waals surface area contributed by atoms with Crippen LogP contribution >= 0.6 is 11.6 Å². The molecule has 1 aliphatic rings. The minimum absolute atomic E-state index is 0.116. The number of aliphatic hydroxyl groups is 2. The first-order chi connectivity index (χ1) is 6.79. The van der Waals surface area contributed by atoms with Gasteiger partial charge >= 0.3 is 0 Å². The fourth-order valence-electron chi connectivity index (χ4n) is 1.90. The summed E-state index contributed by atoms with van der Waals surface area (Å²) in [5.74, 6) is -0.532. The van der Waals surface area contributed by atoms with E-state index in [9.17, 15) is 8.42 Å². The molecule has 0 heterocycles. The molecule has 3 N–H and O–H groups in total. The molecule has 7 heteroatoms. The molecule has 0 radical (unpaired) electrons. The number of halogens is 1. The highest BCUT2D eigenvalue weighted by atomic mass is 35.5. The molecule has 0 aromatic carbocycles. The number of nitrogens with one attached hydrogen (secondary N) is 1. The molecular formula is C8H16ClNO4S. The molecule has 0 aromatic heterocycles. The van der Waals surface area contributed by atoms with Crippen molar-refractivity contribution in [1.82, 2.24) is 4.72 Å². The predicted molar refractivity (Wildman–Crippen MR) is 57.0 cm³/mol. The van der Waals surface area contributed by atoms with Crippen LogP contribution in [0, 0.1) is 5.92 Å². The predicted octanol–water partition coefficient (Wildman–Crippen LogP) is -0.378. The van der Waals surface area contributed by atoms with Crippen LogP contribution < -0.4 is 4.72 Å². The van der Waals surface area contributed by atoms with E-state index in [1.165, 1.54) is 0 Å². The Morgan fingerprint density at radius 1 is 1.40 bits per heavy atom. The van der Waals surface area contributed by atoms with Gasteiger partial charge in [-0.1, -0.05) is 0 Å². The minimum Gasteiger partial charge on any atom is -0.368 e. The Morgan fingerprint density at radius 2 is 2.00 bits per heavy atom. The van der Waals surface area contributed by atoms with Crippen LogP contribution in [0.15, 0.2) is 0 Å². The average Bonchev–Trinajstić information content (AvgIpc) is 2.05. The van der Waals surface area contributed by atoms with Crippen LogP contribution in [-0.4, -0.2) is 42.6 Å². The van der Waals surface area contributed by atoms with E-state index in [1.54, 1.807) is 0 Å². The van der Waals surface area contributed by atoms with Gasteiger partial charge < -0.3 is 10.2 Å². The molecule has 0 aromatic rings. The maximum absolute atomic E-state index is 11.0. The van der Waals surface area contributed by atoms with Crippen molar-refractivity contribution in [3.8, 4) is 0 Å². The first-order valence-electron chi connectivity index (χ1n) is 4.77. The van der Waals surface area contributed by atoms with Crippen LogP contribution in [0.5, 0.6) is 0 Å². The third-order valence-corrected chi connectivity index (χ3v) is 3.71. The summed E-state index contributed by atoms with van der Waals surface area (Å²) in [6.45, 7) is 0. The minimum atomic E-state index is -3.32. The molecule has 0 saturated heterocycles. The zero-order valence-corrected chi connectivity index (χ0v) is 10.0. The molecule has 1 rings (SSSR count). The van der Waals surface area contributed by atoms with Crippen molar-refractivity contribution in [1.29, 1.82) is 0 Å². The number of aliphatic hydroxyl groups excluding tert-OH is 1. The standard InChI is InChI=1S/C8H16ClNO4S/c1-15(13,14)10-7-3-2-5(9)4-6(7)8(11)12/h5-8,10-12H,2-4H2,1H3. The van der Waals surface area contributed by atoms with Crippen LogP contribution in [-0.2, 0) is 10.0 Å². The van der Waals surface area contributed by atoms with Gasteiger partial charge in [0.2, 0.25) is 10.0 Å². The second-order valence-corrected chi connectivity index (χ2v) is 6.38. The Labute approximate surface area is 94.5 Å². The zero-order chi connectivity index (χ0) is 11.6. The van der Waals surface area contributed by atoms with Gasteiger partial charge in [0, 0.05) is 17.3 Å². The van der Waals surface area contributed by atoms with Gasteiger partial charge in [-0.05, 0) is 19.3 Å². The van der Waals surface area contributed by atoms with Crippen molar-refractivity contribution >= 4 is 21.6 Å². The topological polar surface area (TPSA) is 86.6 Å². The SMILES string of the molecule is CS(=O)(=O)NC1CCC(Cl)CC1C(O)O. The molecule has 1 saturated carbocycles. The van der Waals surface area contributed by atoms with E-state index in [2.05, 4.69) is 4.72 Å². The third kappa shape index (κ3) is 4.24. The number of alkyl halides is 1. The molecule has 0 spiro atoms. The van der Waals surface area contributed by atoms with Gasteiger partial charge in [-0.15, -0.1) is 11.6 Å². The van der Waals surface area contributed by atoms with Crippen LogP contribution in [0.4, 0.5) is 0 Å². The van der Waals surface area contributed by atoms with E-state index in [-0.39, 0.29) is 5.38 Å². The summed E-state index contributed by atoms with van der Waals surface area (Å²) in [6, 6.07) is -0.435. The van der Waals surface area contributed by atoms with E-state index in [4.69, 9.17) is 21.8 Å². The smallest absolute Gasteiger partial charge is 0.208 e. The Morgan fingerprint density at radius 3 is 2.47 bits per heavy atom. The van der Waals surface area contributed by atoms with Crippen LogP contribution in [0.25, 0.3) is 0 Å². The van der Waals surface area contributed by atoms with E-state index in [0.29, 0.717) is 19.3 Å². The van der Waals surface area contributed by atoms with Crippen molar-refractivity contribution in [3.05, 3.63) is 0 Å². The molecule has 1 fully saturated rings. The summed E-state index contributed by atoms with van der Waals surface area (Å²) >= 11 is 5.89. The van der Waals surface area contributed by atoms with Crippen molar-refractivity contribution < 1.29 is 18.6 Å². The zero-order valence-electron chi connectivity index (χ0n) is 8.43. The monoisotopic (exact) mass is 257 g/mol. The average molecular weight is 258 g/mol. The Bertz CT molecular complexity index is 306. The summed E-state index contributed by atoms with van der Waals surface area (Å²) in [5, 5.41) is 18.1. The van der Waals surface area contributed by atoms with Crippen molar-refractivity contribution in [2.45, 2.75) is 37.0 Å². The molecular weight excluding hydrogens is 242 g/mol. The molecule has 3 unspecified atom stereocenters. The lowest BCUT2D eigenvalue weighted by Gasteiger charge is -2.34. The van der Waals surface area contributed by atoms with Crippen molar-refractivity contribution in [2.24, 2.45) is 5.92 Å². The van der Waals surface area contributed by atoms with Gasteiger partial charge in [0.1, 0.15) is 0 Å². The molecule has 1 aliphatic carbocycles. The van der Waals surface area contributed by atoms with Crippen molar-refractivity contribution in [2.75, 3.05) is 6.26 Å². The van der Waals surface area contributed by atoms with Gasteiger partial charge in [0.25, 0.3) is 0 Å². The largest absolute Gasteiger partial charge is 0.368 e. The fourth-order valence-corrected chi connectivity index (χ4v) is 3.08. The first-order valence-corrected chi connectivity index (χ1v) is 7.10. The molecule has 15 heavy (non-hydrogen) atoms. The second-order valence-electron chi connectivity index (χ2n) is 3.98. The Hall–Kier alpha value is 0.120. The molecule has 0 bridgehead atoms. The highest BCUT2D eigenvalue weighted by molar-refractivity contribution is 7.88. The molecule has 0 amide bonds. The number of sulfonamides is 1. The lowest BCUT2D eigenvalue weighted by Crippen LogP contribution is -2.47. The van der Waals surface area contributed by atoms with Crippen LogP contribution in [0.1, 0.15) is 19.3 Å². The Balaban J connectivity index is 2.69. The van der Waals surface area contributed by atoms with Crippen LogP contribution in [0.2, 0.25) is 0 Å². The summed E-state index contributed by atoms with van der Waals surface area (Å²) in [7, 11) is -3.32. The van der Waals surface area contributed by atoms with Gasteiger partial charge in [0.05, 0.1) is 6.26 Å².